The van der Waals surface area contributed by atoms with Gasteiger partial charge < -0.3 is 14.5 Å². The van der Waals surface area contributed by atoms with Crippen molar-refractivity contribution in [1.82, 2.24) is 19.4 Å². The Balaban J connectivity index is 1.46. The molecule has 6 nitrogen and oxygen atoms in total. The van der Waals surface area contributed by atoms with Gasteiger partial charge in [-0.15, -0.1) is 0 Å². The van der Waals surface area contributed by atoms with E-state index in [-0.39, 0.29) is 0 Å². The summed E-state index contributed by atoms with van der Waals surface area (Å²) in [5.74, 6) is 0.846. The Morgan fingerprint density at radius 3 is 2.92 bits per heavy atom. The van der Waals surface area contributed by atoms with Gasteiger partial charge in [-0.1, -0.05) is 12.1 Å². The fraction of sp³-hybridized carbons (Fsp3) is 0.250. The Hall–Kier alpha value is -3.15. The van der Waals surface area contributed by atoms with Gasteiger partial charge >= 0.3 is 0 Å². The molecule has 3 aromatic heterocycles. The van der Waals surface area contributed by atoms with Gasteiger partial charge in [-0.25, -0.2) is 9.97 Å². The zero-order chi connectivity index (χ0) is 17.5. The summed E-state index contributed by atoms with van der Waals surface area (Å²) in [7, 11) is 0. The average Bonchev–Trinajstić information content (AvgIpc) is 3.02. The molecule has 0 saturated carbocycles. The highest BCUT2D eigenvalue weighted by molar-refractivity contribution is 5.73. The first-order chi connectivity index (χ1) is 12.8. The predicted octanol–water partition coefficient (Wildman–Crippen LogP) is 3.18. The lowest BCUT2D eigenvalue weighted by atomic mass is 10.1. The minimum absolute atomic E-state index is 0.667. The topological polar surface area (TPSA) is 64.3 Å². The van der Waals surface area contributed by atoms with Crippen LogP contribution in [0.3, 0.4) is 0 Å². The normalized spacial score (nSPS) is 13.4. The summed E-state index contributed by atoms with van der Waals surface area (Å²) in [5.41, 5.74) is 6.96. The van der Waals surface area contributed by atoms with E-state index in [0.29, 0.717) is 6.61 Å². The number of imidazole rings is 1. The Labute approximate surface area is 150 Å². The number of benzene rings is 1. The van der Waals surface area contributed by atoms with Crippen LogP contribution < -0.4 is 10.1 Å². The Bertz CT molecular complexity index is 1120. The first-order valence-corrected chi connectivity index (χ1v) is 8.87. The van der Waals surface area contributed by atoms with Crippen molar-refractivity contribution < 1.29 is 4.74 Å². The smallest absolute Gasteiger partial charge is 0.185 e. The average molecular weight is 345 g/mol. The molecule has 1 N–H and O–H groups in total. The molecular weight excluding hydrogens is 326 g/mol. The molecule has 6 heteroatoms. The number of nitrogens with one attached hydrogen (secondary N) is 1. The van der Waals surface area contributed by atoms with E-state index in [4.69, 9.17) is 14.7 Å². The minimum atomic E-state index is 0.667. The lowest BCUT2D eigenvalue weighted by Crippen LogP contribution is -2.18. The van der Waals surface area contributed by atoms with E-state index in [0.717, 1.165) is 64.6 Å². The maximum atomic E-state index is 5.85. The molecule has 0 bridgehead atoms. The summed E-state index contributed by atoms with van der Waals surface area (Å²) >= 11 is 0. The van der Waals surface area contributed by atoms with Crippen LogP contribution in [0, 0.1) is 6.92 Å². The van der Waals surface area contributed by atoms with Crippen molar-refractivity contribution in [3.05, 3.63) is 59.8 Å². The third kappa shape index (κ3) is 2.45. The van der Waals surface area contributed by atoms with Crippen LogP contribution in [0.15, 0.2) is 42.7 Å². The first-order valence-electron chi connectivity index (χ1n) is 8.87. The molecule has 0 saturated heterocycles. The lowest BCUT2D eigenvalue weighted by Gasteiger charge is -2.19. The van der Waals surface area contributed by atoms with Crippen molar-refractivity contribution in [3.63, 3.8) is 0 Å². The summed E-state index contributed by atoms with van der Waals surface area (Å²) < 4.78 is 7.95. The van der Waals surface area contributed by atoms with E-state index < -0.39 is 0 Å². The van der Waals surface area contributed by atoms with Crippen LogP contribution in [-0.4, -0.2) is 32.5 Å². The Morgan fingerprint density at radius 2 is 2.00 bits per heavy atom. The molecule has 130 valence electrons. The zero-order valence-corrected chi connectivity index (χ0v) is 14.6. The second-order valence-corrected chi connectivity index (χ2v) is 6.52. The molecule has 0 unspecified atom stereocenters. The standard InChI is InChI=1S/C20H19N5O/c1-13-15(7-6-14-12-22-16-4-2-3-5-17(16)23-14)24-20-19-18(8-10-25(13)20)21-9-11-26-19/h2-5,8,10,12,21H,6-7,9,11H2,1H3. The predicted molar refractivity (Wildman–Crippen MR) is 101 cm³/mol. The van der Waals surface area contributed by atoms with Gasteiger partial charge in [0, 0.05) is 24.6 Å². The van der Waals surface area contributed by atoms with Crippen molar-refractivity contribution >= 4 is 22.4 Å². The molecule has 26 heavy (non-hydrogen) atoms. The SMILES string of the molecule is Cc1c(CCc2cnc3ccccc3n2)nc2c3c(ccn12)NCCO3. The van der Waals surface area contributed by atoms with E-state index in [9.17, 15) is 0 Å². The number of hydrogen-bond acceptors (Lipinski definition) is 5. The van der Waals surface area contributed by atoms with Crippen molar-refractivity contribution in [1.29, 1.82) is 0 Å². The van der Waals surface area contributed by atoms with E-state index in [2.05, 4.69) is 33.9 Å². The maximum Gasteiger partial charge on any atom is 0.185 e. The zero-order valence-electron chi connectivity index (χ0n) is 14.6. The van der Waals surface area contributed by atoms with Crippen LogP contribution in [0.5, 0.6) is 5.75 Å². The van der Waals surface area contributed by atoms with Crippen LogP contribution in [-0.2, 0) is 12.8 Å². The van der Waals surface area contributed by atoms with Crippen molar-refractivity contribution in [3.8, 4) is 5.75 Å². The van der Waals surface area contributed by atoms with Gasteiger partial charge in [-0.3, -0.25) is 4.98 Å². The molecule has 0 spiro atoms. The summed E-state index contributed by atoms with van der Waals surface area (Å²) in [6.07, 6.45) is 5.55. The highest BCUT2D eigenvalue weighted by Gasteiger charge is 2.18. The van der Waals surface area contributed by atoms with Crippen LogP contribution in [0.4, 0.5) is 5.69 Å². The Kier molecular flexibility index (Phi) is 3.48. The van der Waals surface area contributed by atoms with Gasteiger partial charge in [0.05, 0.1) is 28.1 Å². The lowest BCUT2D eigenvalue weighted by molar-refractivity contribution is 0.325. The molecule has 1 aliphatic rings. The van der Waals surface area contributed by atoms with E-state index in [1.54, 1.807) is 0 Å². The number of aryl methyl sites for hydroxylation is 3. The van der Waals surface area contributed by atoms with Crippen LogP contribution in [0.25, 0.3) is 16.7 Å². The van der Waals surface area contributed by atoms with E-state index in [1.165, 1.54) is 0 Å². The van der Waals surface area contributed by atoms with Crippen molar-refractivity contribution in [2.75, 3.05) is 18.5 Å². The molecule has 0 fully saturated rings. The monoisotopic (exact) mass is 345 g/mol. The number of rotatable bonds is 3. The van der Waals surface area contributed by atoms with E-state index >= 15 is 0 Å². The first kappa shape index (κ1) is 15.1. The molecular formula is C20H19N5O. The van der Waals surface area contributed by atoms with Gasteiger partial charge in [0.1, 0.15) is 6.61 Å². The van der Waals surface area contributed by atoms with Gasteiger partial charge in [-0.05, 0) is 38.0 Å². The number of aromatic nitrogens is 4. The highest BCUT2D eigenvalue weighted by Crippen LogP contribution is 2.32. The van der Waals surface area contributed by atoms with Gasteiger partial charge in [-0.2, -0.15) is 0 Å². The molecule has 0 radical (unpaired) electrons. The quantitative estimate of drug-likeness (QED) is 0.618. The molecule has 5 rings (SSSR count). The van der Waals surface area contributed by atoms with E-state index in [1.807, 2.05) is 30.5 Å². The number of nitrogens with zero attached hydrogens (tertiary/aromatic N) is 4. The summed E-state index contributed by atoms with van der Waals surface area (Å²) in [6.45, 7) is 3.60. The number of anilines is 1. The number of fused-ring (bicyclic) bond motifs is 4. The molecule has 0 atom stereocenters. The van der Waals surface area contributed by atoms with Gasteiger partial charge in [0.25, 0.3) is 0 Å². The molecule has 1 aromatic carbocycles. The highest BCUT2D eigenvalue weighted by atomic mass is 16.5. The largest absolute Gasteiger partial charge is 0.486 e. The molecule has 1 aliphatic heterocycles. The van der Waals surface area contributed by atoms with Crippen LogP contribution in [0.2, 0.25) is 0 Å². The molecule has 0 amide bonds. The van der Waals surface area contributed by atoms with Crippen LogP contribution in [0.1, 0.15) is 17.1 Å². The molecule has 4 heterocycles. The number of pyridine rings is 1. The van der Waals surface area contributed by atoms with Crippen molar-refractivity contribution in [2.24, 2.45) is 0 Å². The minimum Gasteiger partial charge on any atom is -0.486 e. The molecule has 0 aliphatic carbocycles. The third-order valence-corrected chi connectivity index (χ3v) is 4.87. The third-order valence-electron chi connectivity index (χ3n) is 4.87. The number of para-hydroxylation sites is 2. The summed E-state index contributed by atoms with van der Waals surface area (Å²) in [4.78, 5) is 14.1. The summed E-state index contributed by atoms with van der Waals surface area (Å²) in [5, 5.41) is 3.36. The number of ether oxygens (including phenoxy) is 1. The maximum absolute atomic E-state index is 5.85. The summed E-state index contributed by atoms with van der Waals surface area (Å²) in [6, 6.07) is 10.0. The fourth-order valence-corrected chi connectivity index (χ4v) is 3.47. The van der Waals surface area contributed by atoms with Gasteiger partial charge in [0.15, 0.2) is 11.4 Å². The van der Waals surface area contributed by atoms with Crippen molar-refractivity contribution in [2.45, 2.75) is 19.8 Å². The van der Waals surface area contributed by atoms with Crippen LogP contribution >= 0.6 is 0 Å². The van der Waals surface area contributed by atoms with Gasteiger partial charge in [0.2, 0.25) is 0 Å². The second-order valence-electron chi connectivity index (χ2n) is 6.52. The second kappa shape index (κ2) is 5.98. The fourth-order valence-electron chi connectivity index (χ4n) is 3.47. The number of hydrogen-bond donors (Lipinski definition) is 1. The Morgan fingerprint density at radius 1 is 1.12 bits per heavy atom. The molecule has 4 aromatic rings.